The van der Waals surface area contributed by atoms with Crippen LogP contribution in [0.3, 0.4) is 0 Å². The molecule has 0 bridgehead atoms. The standard InChI is InChI=1S/C35H37FN8O/c1-23-16-43(17-24(2)40-23)21-31(45)20-42-11-10-27(19-42)26-6-8-33-32(14-26)35(38-22-37-33)41-30-7-9-34-28(13-30)15-39-44(34)18-25-4-3-5-29(36)12-25/h3-15,19,22-24,31,40,45H,16-18,20-21H2,1-2H3,(H,37,38,41)/t23-,24+,31-/m0/s1. The number of aliphatic hydroxyl groups is 1. The summed E-state index contributed by atoms with van der Waals surface area (Å²) in [5, 5.41) is 24.3. The van der Waals surface area contributed by atoms with E-state index < -0.39 is 6.10 Å². The Hall–Kier alpha value is -4.64. The second kappa shape index (κ2) is 12.4. The fraction of sp³-hybridized carbons (Fsp3) is 0.286. The highest BCUT2D eigenvalue weighted by Crippen LogP contribution is 2.30. The molecule has 9 nitrogen and oxygen atoms in total. The van der Waals surface area contributed by atoms with Crippen LogP contribution in [0.15, 0.2) is 91.6 Å². The molecule has 4 heterocycles. The summed E-state index contributed by atoms with van der Waals surface area (Å²) >= 11 is 0. The Balaban J connectivity index is 1.07. The molecule has 1 saturated heterocycles. The van der Waals surface area contributed by atoms with Crippen molar-refractivity contribution in [3.05, 3.63) is 103 Å². The lowest BCUT2D eigenvalue weighted by Gasteiger charge is -2.37. The molecule has 3 aromatic carbocycles. The summed E-state index contributed by atoms with van der Waals surface area (Å²) in [6.07, 6.45) is 7.05. The molecule has 3 aromatic heterocycles. The Morgan fingerprint density at radius 3 is 2.69 bits per heavy atom. The second-order valence-corrected chi connectivity index (χ2v) is 12.2. The lowest BCUT2D eigenvalue weighted by molar-refractivity contribution is 0.0744. The molecule has 0 spiro atoms. The largest absolute Gasteiger partial charge is 0.390 e. The Morgan fingerprint density at radius 2 is 1.84 bits per heavy atom. The molecule has 230 valence electrons. The summed E-state index contributed by atoms with van der Waals surface area (Å²) < 4.78 is 17.6. The van der Waals surface area contributed by atoms with E-state index >= 15 is 0 Å². The summed E-state index contributed by atoms with van der Waals surface area (Å²) in [6, 6.07) is 21.7. The van der Waals surface area contributed by atoms with Gasteiger partial charge in [0.2, 0.25) is 0 Å². The van der Waals surface area contributed by atoms with Gasteiger partial charge >= 0.3 is 0 Å². The topological polar surface area (TPSA) is 96.1 Å². The molecular weight excluding hydrogens is 567 g/mol. The van der Waals surface area contributed by atoms with E-state index in [2.05, 4.69) is 73.4 Å². The van der Waals surface area contributed by atoms with E-state index in [9.17, 15) is 9.50 Å². The smallest absolute Gasteiger partial charge is 0.141 e. The summed E-state index contributed by atoms with van der Waals surface area (Å²) in [5.41, 5.74) is 5.66. The van der Waals surface area contributed by atoms with Crippen LogP contribution in [-0.2, 0) is 13.1 Å². The van der Waals surface area contributed by atoms with Crippen LogP contribution in [0.25, 0.3) is 32.9 Å². The van der Waals surface area contributed by atoms with E-state index in [1.807, 2.05) is 47.4 Å². The minimum atomic E-state index is -0.450. The Kier molecular flexibility index (Phi) is 8.01. The summed E-state index contributed by atoms with van der Waals surface area (Å²) in [5.74, 6) is 0.459. The van der Waals surface area contributed by atoms with Crippen molar-refractivity contribution in [3.8, 4) is 11.1 Å². The first-order valence-electron chi connectivity index (χ1n) is 15.4. The van der Waals surface area contributed by atoms with Crippen molar-refractivity contribution >= 4 is 33.3 Å². The van der Waals surface area contributed by atoms with Crippen molar-refractivity contribution in [1.29, 1.82) is 0 Å². The van der Waals surface area contributed by atoms with Gasteiger partial charge in [-0.25, -0.2) is 14.4 Å². The fourth-order valence-electron chi connectivity index (χ4n) is 6.49. The zero-order chi connectivity index (χ0) is 30.9. The number of nitrogens with one attached hydrogen (secondary N) is 2. The van der Waals surface area contributed by atoms with Gasteiger partial charge in [-0.15, -0.1) is 0 Å². The first-order valence-corrected chi connectivity index (χ1v) is 15.4. The van der Waals surface area contributed by atoms with Crippen molar-refractivity contribution < 1.29 is 9.50 Å². The monoisotopic (exact) mass is 604 g/mol. The van der Waals surface area contributed by atoms with Crippen molar-refractivity contribution in [1.82, 2.24) is 34.5 Å². The van der Waals surface area contributed by atoms with Crippen LogP contribution in [-0.4, -0.2) is 72.1 Å². The van der Waals surface area contributed by atoms with Crippen LogP contribution >= 0.6 is 0 Å². The number of halogens is 1. The normalized spacial score (nSPS) is 18.0. The van der Waals surface area contributed by atoms with Crippen LogP contribution in [0, 0.1) is 5.82 Å². The summed E-state index contributed by atoms with van der Waals surface area (Å²) in [7, 11) is 0. The molecule has 10 heteroatoms. The number of β-amino-alcohol motifs (C(OH)–C–C–N with tert-alkyl or cyclic N) is 1. The Labute approximate surface area is 261 Å². The molecule has 0 radical (unpaired) electrons. The molecule has 0 amide bonds. The average molecular weight is 605 g/mol. The third-order valence-corrected chi connectivity index (χ3v) is 8.37. The molecule has 0 saturated carbocycles. The average Bonchev–Trinajstić information content (AvgIpc) is 3.63. The highest BCUT2D eigenvalue weighted by atomic mass is 19.1. The number of nitrogens with zero attached hydrogens (tertiary/aromatic N) is 6. The first kappa shape index (κ1) is 29.1. The van der Waals surface area contributed by atoms with Gasteiger partial charge in [-0.2, -0.15) is 5.10 Å². The number of piperazine rings is 1. The molecule has 3 N–H and O–H groups in total. The van der Waals surface area contributed by atoms with Gasteiger partial charge in [0.1, 0.15) is 18.0 Å². The quantitative estimate of drug-likeness (QED) is 0.203. The number of hydrogen-bond donors (Lipinski definition) is 3. The van der Waals surface area contributed by atoms with Crippen molar-refractivity contribution in [2.45, 2.75) is 45.1 Å². The molecule has 1 aliphatic rings. The molecule has 1 aliphatic heterocycles. The third kappa shape index (κ3) is 6.58. The molecule has 0 unspecified atom stereocenters. The molecule has 3 atom stereocenters. The fourth-order valence-corrected chi connectivity index (χ4v) is 6.49. The highest BCUT2D eigenvalue weighted by molar-refractivity contribution is 5.94. The van der Waals surface area contributed by atoms with E-state index in [1.54, 1.807) is 12.4 Å². The lowest BCUT2D eigenvalue weighted by Crippen LogP contribution is -2.55. The maximum atomic E-state index is 13.7. The van der Waals surface area contributed by atoms with Gasteiger partial charge < -0.3 is 20.3 Å². The van der Waals surface area contributed by atoms with Gasteiger partial charge in [0.05, 0.1) is 29.9 Å². The summed E-state index contributed by atoms with van der Waals surface area (Å²) in [6.45, 7) is 7.96. The molecular formula is C35H37FN8O. The molecule has 0 aliphatic carbocycles. The van der Waals surface area contributed by atoms with E-state index in [1.165, 1.54) is 12.1 Å². The Bertz CT molecular complexity index is 1940. The highest BCUT2D eigenvalue weighted by Gasteiger charge is 2.23. The molecule has 45 heavy (non-hydrogen) atoms. The number of hydrogen-bond acceptors (Lipinski definition) is 7. The SMILES string of the molecule is C[C@@H]1CN(C[C@@H](O)Cn2ccc(-c3ccc4ncnc(Nc5ccc6c(cnn6Cc6cccc(F)c6)c5)c4c3)c2)C[C@H](C)N1. The van der Waals surface area contributed by atoms with Gasteiger partial charge in [0.25, 0.3) is 0 Å². The minimum absolute atomic E-state index is 0.252. The summed E-state index contributed by atoms with van der Waals surface area (Å²) in [4.78, 5) is 11.4. The third-order valence-electron chi connectivity index (χ3n) is 8.37. The second-order valence-electron chi connectivity index (χ2n) is 12.2. The zero-order valence-corrected chi connectivity index (χ0v) is 25.4. The van der Waals surface area contributed by atoms with Gasteiger partial charge in [-0.05, 0) is 79.1 Å². The van der Waals surface area contributed by atoms with E-state index in [-0.39, 0.29) is 5.82 Å². The van der Waals surface area contributed by atoms with E-state index in [0.29, 0.717) is 37.5 Å². The number of fused-ring (bicyclic) bond motifs is 2. The predicted molar refractivity (Wildman–Crippen MR) is 176 cm³/mol. The number of rotatable bonds is 9. The molecule has 7 rings (SSSR count). The van der Waals surface area contributed by atoms with Gasteiger partial charge in [0, 0.05) is 67.1 Å². The van der Waals surface area contributed by atoms with Crippen LogP contribution in [0.2, 0.25) is 0 Å². The maximum Gasteiger partial charge on any atom is 0.141 e. The van der Waals surface area contributed by atoms with Gasteiger partial charge in [-0.1, -0.05) is 18.2 Å². The predicted octanol–water partition coefficient (Wildman–Crippen LogP) is 5.42. The van der Waals surface area contributed by atoms with Gasteiger partial charge in [0.15, 0.2) is 0 Å². The first-order chi connectivity index (χ1) is 21.9. The number of aromatic nitrogens is 5. The van der Waals surface area contributed by atoms with Gasteiger partial charge in [-0.3, -0.25) is 9.58 Å². The molecule has 6 aromatic rings. The lowest BCUT2D eigenvalue weighted by atomic mass is 10.1. The van der Waals surface area contributed by atoms with Crippen LogP contribution in [0.5, 0.6) is 0 Å². The maximum absolute atomic E-state index is 13.7. The number of anilines is 2. The van der Waals surface area contributed by atoms with Crippen LogP contribution in [0.1, 0.15) is 19.4 Å². The van der Waals surface area contributed by atoms with E-state index in [4.69, 9.17) is 0 Å². The molecule has 1 fully saturated rings. The van der Waals surface area contributed by atoms with Crippen molar-refractivity contribution in [2.75, 3.05) is 25.0 Å². The number of benzene rings is 3. The van der Waals surface area contributed by atoms with Crippen LogP contribution in [0.4, 0.5) is 15.9 Å². The van der Waals surface area contributed by atoms with Crippen LogP contribution < -0.4 is 10.6 Å². The minimum Gasteiger partial charge on any atom is -0.390 e. The van der Waals surface area contributed by atoms with Crippen molar-refractivity contribution in [2.24, 2.45) is 0 Å². The van der Waals surface area contributed by atoms with Crippen molar-refractivity contribution in [3.63, 3.8) is 0 Å². The van der Waals surface area contributed by atoms with E-state index in [0.717, 1.165) is 57.3 Å². The Morgan fingerprint density at radius 1 is 0.978 bits per heavy atom. The number of aliphatic hydroxyl groups excluding tert-OH is 1. The zero-order valence-electron chi connectivity index (χ0n) is 25.4.